The summed E-state index contributed by atoms with van der Waals surface area (Å²) in [6, 6.07) is 13.4. The smallest absolute Gasteiger partial charge is 0.254 e. The van der Waals surface area contributed by atoms with E-state index in [-0.39, 0.29) is 17.9 Å². The van der Waals surface area contributed by atoms with Gasteiger partial charge in [-0.3, -0.25) is 9.59 Å². The Morgan fingerprint density at radius 2 is 1.93 bits per heavy atom. The fourth-order valence-corrected chi connectivity index (χ4v) is 4.49. The van der Waals surface area contributed by atoms with Gasteiger partial charge in [-0.1, -0.05) is 12.1 Å². The molecule has 2 aliphatic heterocycles. The van der Waals surface area contributed by atoms with E-state index in [0.717, 1.165) is 48.4 Å². The van der Waals surface area contributed by atoms with Crippen molar-refractivity contribution in [3.05, 3.63) is 59.2 Å². The molecule has 0 bridgehead atoms. The van der Waals surface area contributed by atoms with Crippen molar-refractivity contribution in [3.63, 3.8) is 0 Å². The van der Waals surface area contributed by atoms with Crippen molar-refractivity contribution >= 4 is 11.8 Å². The summed E-state index contributed by atoms with van der Waals surface area (Å²) in [5.74, 6) is 1.68. The van der Waals surface area contributed by atoms with E-state index < -0.39 is 0 Å². The molecule has 0 saturated carbocycles. The SMILES string of the molecule is COc1ccc([C@H]2CCCN2C(=O)c2cccc(CN3CCCC3=O)c2)c(OC)c1. The van der Waals surface area contributed by atoms with Gasteiger partial charge in [0.15, 0.2) is 0 Å². The molecule has 0 unspecified atom stereocenters. The fraction of sp³-hybridized carbons (Fsp3) is 0.417. The maximum absolute atomic E-state index is 13.4. The van der Waals surface area contributed by atoms with Crippen molar-refractivity contribution in [1.29, 1.82) is 0 Å². The van der Waals surface area contributed by atoms with E-state index in [0.29, 0.717) is 25.1 Å². The van der Waals surface area contributed by atoms with Gasteiger partial charge in [0.05, 0.1) is 20.3 Å². The van der Waals surface area contributed by atoms with Gasteiger partial charge in [0.2, 0.25) is 5.91 Å². The molecular weight excluding hydrogens is 380 g/mol. The van der Waals surface area contributed by atoms with E-state index >= 15 is 0 Å². The van der Waals surface area contributed by atoms with Gasteiger partial charge >= 0.3 is 0 Å². The summed E-state index contributed by atoms with van der Waals surface area (Å²) in [7, 11) is 3.27. The van der Waals surface area contributed by atoms with Gasteiger partial charge in [-0.2, -0.15) is 0 Å². The van der Waals surface area contributed by atoms with Crippen molar-refractivity contribution in [1.82, 2.24) is 9.80 Å². The lowest BCUT2D eigenvalue weighted by atomic mass is 10.0. The van der Waals surface area contributed by atoms with Gasteiger partial charge in [-0.05, 0) is 49.1 Å². The molecule has 2 amide bonds. The Hall–Kier alpha value is -3.02. The first-order valence-electron chi connectivity index (χ1n) is 10.5. The zero-order chi connectivity index (χ0) is 21.1. The van der Waals surface area contributed by atoms with E-state index in [1.54, 1.807) is 14.2 Å². The van der Waals surface area contributed by atoms with Crippen LogP contribution in [0.2, 0.25) is 0 Å². The van der Waals surface area contributed by atoms with E-state index in [1.807, 2.05) is 52.3 Å². The summed E-state index contributed by atoms with van der Waals surface area (Å²) in [5.41, 5.74) is 2.66. The molecule has 0 N–H and O–H groups in total. The quantitative estimate of drug-likeness (QED) is 0.729. The molecule has 0 spiro atoms. The molecule has 6 nitrogen and oxygen atoms in total. The summed E-state index contributed by atoms with van der Waals surface area (Å²) in [5, 5.41) is 0. The van der Waals surface area contributed by atoms with Gasteiger partial charge in [-0.15, -0.1) is 0 Å². The lowest BCUT2D eigenvalue weighted by Crippen LogP contribution is -2.31. The number of amides is 2. The third kappa shape index (κ3) is 3.99. The van der Waals surface area contributed by atoms with Gasteiger partial charge < -0.3 is 19.3 Å². The molecule has 2 aromatic carbocycles. The second kappa shape index (κ2) is 8.78. The Bertz CT molecular complexity index is 943. The number of ether oxygens (including phenoxy) is 2. The molecule has 2 saturated heterocycles. The Labute approximate surface area is 177 Å². The number of carbonyl (C=O) groups is 2. The van der Waals surface area contributed by atoms with Crippen molar-refractivity contribution in [3.8, 4) is 11.5 Å². The molecule has 1 atom stereocenters. The molecule has 2 heterocycles. The van der Waals surface area contributed by atoms with Crippen LogP contribution in [0.1, 0.15) is 53.2 Å². The zero-order valence-electron chi connectivity index (χ0n) is 17.6. The normalized spacial score (nSPS) is 18.7. The van der Waals surface area contributed by atoms with Crippen LogP contribution in [0.25, 0.3) is 0 Å². The Morgan fingerprint density at radius 1 is 1.07 bits per heavy atom. The van der Waals surface area contributed by atoms with Crippen LogP contribution in [0.15, 0.2) is 42.5 Å². The highest BCUT2D eigenvalue weighted by Gasteiger charge is 2.32. The molecule has 158 valence electrons. The first kappa shape index (κ1) is 20.3. The van der Waals surface area contributed by atoms with E-state index in [1.165, 1.54) is 0 Å². The van der Waals surface area contributed by atoms with Gasteiger partial charge in [0.25, 0.3) is 5.91 Å². The molecular formula is C24H28N2O4. The molecule has 4 rings (SSSR count). The maximum atomic E-state index is 13.4. The van der Waals surface area contributed by atoms with Crippen LogP contribution in [0.4, 0.5) is 0 Å². The average Bonchev–Trinajstić information content (AvgIpc) is 3.42. The van der Waals surface area contributed by atoms with Crippen LogP contribution in [0.3, 0.4) is 0 Å². The predicted molar refractivity (Wildman–Crippen MR) is 114 cm³/mol. The van der Waals surface area contributed by atoms with Crippen LogP contribution in [0.5, 0.6) is 11.5 Å². The topological polar surface area (TPSA) is 59.1 Å². The van der Waals surface area contributed by atoms with E-state index in [4.69, 9.17) is 9.47 Å². The van der Waals surface area contributed by atoms with Gasteiger partial charge in [0, 0.05) is 43.2 Å². The second-order valence-electron chi connectivity index (χ2n) is 7.88. The van der Waals surface area contributed by atoms with Gasteiger partial charge in [0.1, 0.15) is 11.5 Å². The molecule has 2 fully saturated rings. The number of carbonyl (C=O) groups excluding carboxylic acids is 2. The molecule has 6 heteroatoms. The van der Waals surface area contributed by atoms with Crippen LogP contribution < -0.4 is 9.47 Å². The highest BCUT2D eigenvalue weighted by molar-refractivity contribution is 5.95. The Morgan fingerprint density at radius 3 is 2.67 bits per heavy atom. The third-order valence-corrected chi connectivity index (χ3v) is 6.03. The number of hydrogen-bond donors (Lipinski definition) is 0. The standard InChI is InChI=1S/C24H28N2O4/c1-29-19-10-11-20(22(15-19)30-2)21-8-4-13-26(21)24(28)18-7-3-6-17(14-18)16-25-12-5-9-23(25)27/h3,6-7,10-11,14-15,21H,4-5,8-9,12-13,16H2,1-2H3/t21-/m1/s1. The number of rotatable bonds is 6. The maximum Gasteiger partial charge on any atom is 0.254 e. The number of nitrogens with zero attached hydrogens (tertiary/aromatic N) is 2. The highest BCUT2D eigenvalue weighted by Crippen LogP contribution is 2.39. The van der Waals surface area contributed by atoms with Crippen molar-refractivity contribution in [2.24, 2.45) is 0 Å². The Kier molecular flexibility index (Phi) is 5.93. The van der Waals surface area contributed by atoms with E-state index in [2.05, 4.69) is 0 Å². The first-order chi connectivity index (χ1) is 14.6. The van der Waals surface area contributed by atoms with Crippen molar-refractivity contribution in [2.75, 3.05) is 27.3 Å². The Balaban J connectivity index is 1.55. The summed E-state index contributed by atoms with van der Waals surface area (Å²) < 4.78 is 10.9. The minimum atomic E-state index is -0.0258. The second-order valence-corrected chi connectivity index (χ2v) is 7.88. The molecule has 0 aromatic heterocycles. The van der Waals surface area contributed by atoms with Crippen LogP contribution >= 0.6 is 0 Å². The number of likely N-dealkylation sites (tertiary alicyclic amines) is 2. The first-order valence-corrected chi connectivity index (χ1v) is 10.5. The van der Waals surface area contributed by atoms with Gasteiger partial charge in [-0.25, -0.2) is 0 Å². The largest absolute Gasteiger partial charge is 0.497 e. The van der Waals surface area contributed by atoms with Crippen molar-refractivity contribution in [2.45, 2.75) is 38.3 Å². The summed E-state index contributed by atoms with van der Waals surface area (Å²) in [6.45, 7) is 2.08. The summed E-state index contributed by atoms with van der Waals surface area (Å²) in [6.07, 6.45) is 3.39. The van der Waals surface area contributed by atoms with Crippen molar-refractivity contribution < 1.29 is 19.1 Å². The minimum absolute atomic E-state index is 0.0185. The molecule has 2 aliphatic rings. The van der Waals surface area contributed by atoms with Crippen LogP contribution in [0, 0.1) is 0 Å². The predicted octanol–water partition coefficient (Wildman–Crippen LogP) is 3.80. The van der Waals surface area contributed by atoms with E-state index in [9.17, 15) is 9.59 Å². The molecule has 0 radical (unpaired) electrons. The third-order valence-electron chi connectivity index (χ3n) is 6.03. The summed E-state index contributed by atoms with van der Waals surface area (Å²) in [4.78, 5) is 29.1. The summed E-state index contributed by atoms with van der Waals surface area (Å²) >= 11 is 0. The molecule has 2 aromatic rings. The monoisotopic (exact) mass is 408 g/mol. The lowest BCUT2D eigenvalue weighted by molar-refractivity contribution is -0.128. The highest BCUT2D eigenvalue weighted by atomic mass is 16.5. The average molecular weight is 408 g/mol. The number of hydrogen-bond acceptors (Lipinski definition) is 4. The zero-order valence-corrected chi connectivity index (χ0v) is 17.6. The number of benzene rings is 2. The molecule has 30 heavy (non-hydrogen) atoms. The minimum Gasteiger partial charge on any atom is -0.497 e. The lowest BCUT2D eigenvalue weighted by Gasteiger charge is -2.27. The van der Waals surface area contributed by atoms with Crippen LogP contribution in [-0.2, 0) is 11.3 Å². The van der Waals surface area contributed by atoms with Crippen LogP contribution in [-0.4, -0.2) is 48.9 Å². The fourth-order valence-electron chi connectivity index (χ4n) is 4.49. The molecule has 0 aliphatic carbocycles. The number of methoxy groups -OCH3 is 2.